The fourth-order valence-electron chi connectivity index (χ4n) is 1.86. The van der Waals surface area contributed by atoms with Crippen LogP contribution >= 0.6 is 0 Å². The topological polar surface area (TPSA) is 39.2 Å². The van der Waals surface area contributed by atoms with Crippen LogP contribution in [0.4, 0.5) is 0 Å². The van der Waals surface area contributed by atoms with Crippen LogP contribution in [0.25, 0.3) is 11.0 Å². The van der Waals surface area contributed by atoms with Gasteiger partial charge in [-0.1, -0.05) is 12.1 Å². The number of aryl methyl sites for hydroxylation is 2. The van der Waals surface area contributed by atoms with Crippen LogP contribution in [0.2, 0.25) is 0 Å². The Morgan fingerprint density at radius 2 is 1.93 bits per heavy atom. The molecule has 1 aromatic carbocycles. The first-order valence-corrected chi connectivity index (χ1v) is 4.90. The number of benzene rings is 1. The molecule has 0 aliphatic heterocycles. The molecule has 0 unspecified atom stereocenters. The van der Waals surface area contributed by atoms with E-state index in [0.29, 0.717) is 6.54 Å². The van der Waals surface area contributed by atoms with Crippen molar-refractivity contribution >= 4 is 11.0 Å². The van der Waals surface area contributed by atoms with E-state index < -0.39 is 0 Å². The number of nitrogens with two attached hydrogens (primary N) is 1. The van der Waals surface area contributed by atoms with Crippen LogP contribution in [0.15, 0.2) is 22.8 Å². The first-order chi connectivity index (χ1) is 6.74. The third-order valence-corrected chi connectivity index (χ3v) is 2.62. The van der Waals surface area contributed by atoms with Crippen LogP contribution in [0.5, 0.6) is 0 Å². The summed E-state index contributed by atoms with van der Waals surface area (Å²) in [4.78, 5) is 0. The lowest BCUT2D eigenvalue weighted by Crippen LogP contribution is -2.02. The van der Waals surface area contributed by atoms with Gasteiger partial charge < -0.3 is 10.2 Å². The lowest BCUT2D eigenvalue weighted by Gasteiger charge is -2.00. The molecule has 2 nitrogen and oxygen atoms in total. The summed E-state index contributed by atoms with van der Waals surface area (Å²) in [6, 6.07) is 4.22. The number of furan rings is 1. The third-order valence-electron chi connectivity index (χ3n) is 2.62. The van der Waals surface area contributed by atoms with Gasteiger partial charge in [-0.05, 0) is 43.5 Å². The van der Waals surface area contributed by atoms with E-state index in [1.54, 1.807) is 0 Å². The quantitative estimate of drug-likeness (QED) is 0.788. The Kier molecular flexibility index (Phi) is 2.30. The molecule has 0 saturated carbocycles. The summed E-state index contributed by atoms with van der Waals surface area (Å²) in [5.74, 6) is 0. The maximum atomic E-state index is 5.56. The molecule has 0 spiro atoms. The molecular formula is C12H15NO. The van der Waals surface area contributed by atoms with E-state index in [0.717, 1.165) is 12.0 Å². The minimum atomic E-state index is 0.669. The Hall–Kier alpha value is -1.28. The molecule has 2 rings (SSSR count). The zero-order valence-electron chi connectivity index (χ0n) is 8.63. The van der Waals surface area contributed by atoms with Gasteiger partial charge in [0.05, 0.1) is 6.26 Å². The van der Waals surface area contributed by atoms with E-state index in [1.807, 2.05) is 6.26 Å². The molecule has 0 atom stereocenters. The molecule has 2 aromatic rings. The Balaban J connectivity index is 2.70. The Morgan fingerprint density at radius 3 is 2.64 bits per heavy atom. The van der Waals surface area contributed by atoms with Crippen molar-refractivity contribution in [3.05, 3.63) is 35.1 Å². The molecule has 0 saturated heterocycles. The summed E-state index contributed by atoms with van der Waals surface area (Å²) in [5, 5.41) is 1.25. The first-order valence-electron chi connectivity index (χ1n) is 4.90. The second kappa shape index (κ2) is 3.46. The summed E-state index contributed by atoms with van der Waals surface area (Å²) in [6.07, 6.45) is 2.72. The van der Waals surface area contributed by atoms with Gasteiger partial charge in [0.2, 0.25) is 0 Å². The molecule has 1 heterocycles. The Labute approximate surface area is 83.7 Å². The van der Waals surface area contributed by atoms with E-state index in [4.69, 9.17) is 10.2 Å². The Morgan fingerprint density at radius 1 is 1.21 bits per heavy atom. The summed E-state index contributed by atoms with van der Waals surface area (Å²) in [7, 11) is 0. The molecule has 0 radical (unpaired) electrons. The van der Waals surface area contributed by atoms with Crippen molar-refractivity contribution in [3.8, 4) is 0 Å². The number of rotatable bonds is 2. The molecule has 0 fully saturated rings. The maximum Gasteiger partial charge on any atom is 0.137 e. The summed E-state index contributed by atoms with van der Waals surface area (Å²) < 4.78 is 5.56. The zero-order valence-corrected chi connectivity index (χ0v) is 8.63. The van der Waals surface area contributed by atoms with E-state index in [-0.39, 0.29) is 0 Å². The molecule has 2 heteroatoms. The smallest absolute Gasteiger partial charge is 0.137 e. The van der Waals surface area contributed by atoms with Crippen molar-refractivity contribution < 1.29 is 4.42 Å². The van der Waals surface area contributed by atoms with Gasteiger partial charge in [-0.25, -0.2) is 0 Å². The van der Waals surface area contributed by atoms with Gasteiger partial charge in [0.15, 0.2) is 0 Å². The molecule has 0 aliphatic rings. The highest BCUT2D eigenvalue weighted by molar-refractivity contribution is 5.86. The lowest BCUT2D eigenvalue weighted by atomic mass is 10.0. The third kappa shape index (κ3) is 1.32. The highest BCUT2D eigenvalue weighted by atomic mass is 16.3. The number of fused-ring (bicyclic) bond motifs is 1. The SMILES string of the molecule is Cc1ccc(C)c2c(CCN)coc12. The molecule has 74 valence electrons. The minimum absolute atomic E-state index is 0.669. The fraction of sp³-hybridized carbons (Fsp3) is 0.333. The van der Waals surface area contributed by atoms with E-state index in [1.165, 1.54) is 22.1 Å². The number of hydrogen-bond donors (Lipinski definition) is 1. The molecular weight excluding hydrogens is 174 g/mol. The minimum Gasteiger partial charge on any atom is -0.464 e. The Bertz CT molecular complexity index is 457. The van der Waals surface area contributed by atoms with Crippen LogP contribution in [-0.4, -0.2) is 6.54 Å². The maximum absolute atomic E-state index is 5.56. The van der Waals surface area contributed by atoms with E-state index in [2.05, 4.69) is 26.0 Å². The van der Waals surface area contributed by atoms with Crippen molar-refractivity contribution in [3.63, 3.8) is 0 Å². The highest BCUT2D eigenvalue weighted by Crippen LogP contribution is 2.27. The largest absolute Gasteiger partial charge is 0.464 e. The normalized spacial score (nSPS) is 11.1. The second-order valence-corrected chi connectivity index (χ2v) is 3.70. The first kappa shape index (κ1) is 9.28. The van der Waals surface area contributed by atoms with Gasteiger partial charge in [-0.3, -0.25) is 0 Å². The average molecular weight is 189 g/mol. The standard InChI is InChI=1S/C12H15NO/c1-8-3-4-9(2)12-11(8)10(5-6-13)7-14-12/h3-4,7H,5-6,13H2,1-2H3. The van der Waals surface area contributed by atoms with Gasteiger partial charge >= 0.3 is 0 Å². The lowest BCUT2D eigenvalue weighted by molar-refractivity contribution is 0.608. The van der Waals surface area contributed by atoms with Crippen LogP contribution in [0, 0.1) is 13.8 Å². The van der Waals surface area contributed by atoms with Crippen molar-refractivity contribution in [2.45, 2.75) is 20.3 Å². The molecule has 0 aliphatic carbocycles. The predicted molar refractivity (Wildman–Crippen MR) is 58.4 cm³/mol. The van der Waals surface area contributed by atoms with Gasteiger partial charge in [0, 0.05) is 5.39 Å². The summed E-state index contributed by atoms with van der Waals surface area (Å²) in [5.41, 5.74) is 10.2. The van der Waals surface area contributed by atoms with E-state index >= 15 is 0 Å². The molecule has 14 heavy (non-hydrogen) atoms. The van der Waals surface area contributed by atoms with Crippen LogP contribution in [0.3, 0.4) is 0 Å². The van der Waals surface area contributed by atoms with Crippen molar-refractivity contribution in [1.29, 1.82) is 0 Å². The highest BCUT2D eigenvalue weighted by Gasteiger charge is 2.09. The number of hydrogen-bond acceptors (Lipinski definition) is 2. The van der Waals surface area contributed by atoms with Gasteiger partial charge in [-0.15, -0.1) is 0 Å². The van der Waals surface area contributed by atoms with E-state index in [9.17, 15) is 0 Å². The van der Waals surface area contributed by atoms with Crippen LogP contribution < -0.4 is 5.73 Å². The van der Waals surface area contributed by atoms with Gasteiger partial charge in [0.25, 0.3) is 0 Å². The average Bonchev–Trinajstić information content (AvgIpc) is 2.58. The predicted octanol–water partition coefficient (Wildman–Crippen LogP) is 2.55. The summed E-state index contributed by atoms with van der Waals surface area (Å²) in [6.45, 7) is 4.84. The molecule has 2 N–H and O–H groups in total. The van der Waals surface area contributed by atoms with Crippen LogP contribution in [-0.2, 0) is 6.42 Å². The summed E-state index contributed by atoms with van der Waals surface area (Å²) >= 11 is 0. The monoisotopic (exact) mass is 189 g/mol. The van der Waals surface area contributed by atoms with Crippen molar-refractivity contribution in [2.24, 2.45) is 5.73 Å². The molecule has 0 bridgehead atoms. The zero-order chi connectivity index (χ0) is 10.1. The van der Waals surface area contributed by atoms with Crippen LogP contribution in [0.1, 0.15) is 16.7 Å². The van der Waals surface area contributed by atoms with Crippen molar-refractivity contribution in [1.82, 2.24) is 0 Å². The van der Waals surface area contributed by atoms with Gasteiger partial charge in [-0.2, -0.15) is 0 Å². The molecule has 1 aromatic heterocycles. The molecule has 0 amide bonds. The van der Waals surface area contributed by atoms with Crippen molar-refractivity contribution in [2.75, 3.05) is 6.54 Å². The fourth-order valence-corrected chi connectivity index (χ4v) is 1.86. The van der Waals surface area contributed by atoms with Gasteiger partial charge in [0.1, 0.15) is 5.58 Å². The second-order valence-electron chi connectivity index (χ2n) is 3.70.